The molecule has 0 aliphatic carbocycles. The quantitative estimate of drug-likeness (QED) is 0.672. The standard InChI is InChI=1S/C13H12N8O/c22-13(19-7-12(8-19)20-5-4-14-17-20)10-2-1-3-11(6-10)21-9-15-16-18-21/h1-6,9,12H,7-8H2. The number of tetrazole rings is 1. The third-order valence-corrected chi connectivity index (χ3v) is 3.67. The maximum Gasteiger partial charge on any atom is 0.254 e. The Hall–Kier alpha value is -3.10. The van der Waals surface area contributed by atoms with E-state index in [0.717, 1.165) is 5.69 Å². The van der Waals surface area contributed by atoms with Crippen LogP contribution in [0.15, 0.2) is 43.0 Å². The van der Waals surface area contributed by atoms with Crippen molar-refractivity contribution in [3.63, 3.8) is 0 Å². The highest BCUT2D eigenvalue weighted by atomic mass is 16.2. The van der Waals surface area contributed by atoms with Crippen LogP contribution in [-0.2, 0) is 0 Å². The second-order valence-electron chi connectivity index (χ2n) is 5.05. The number of carbonyl (C=O) groups is 1. The molecule has 1 aliphatic rings. The zero-order valence-electron chi connectivity index (χ0n) is 11.5. The first-order valence-corrected chi connectivity index (χ1v) is 6.80. The fourth-order valence-electron chi connectivity index (χ4n) is 2.44. The molecule has 4 rings (SSSR count). The largest absolute Gasteiger partial charge is 0.334 e. The van der Waals surface area contributed by atoms with E-state index < -0.39 is 0 Å². The first kappa shape index (κ1) is 12.6. The summed E-state index contributed by atoms with van der Waals surface area (Å²) in [6, 6.07) is 7.44. The van der Waals surface area contributed by atoms with Gasteiger partial charge in [-0.15, -0.1) is 10.2 Å². The van der Waals surface area contributed by atoms with E-state index in [0.29, 0.717) is 18.7 Å². The van der Waals surface area contributed by atoms with Crippen molar-refractivity contribution in [2.45, 2.75) is 6.04 Å². The van der Waals surface area contributed by atoms with Crippen LogP contribution in [0, 0.1) is 0 Å². The van der Waals surface area contributed by atoms with Crippen LogP contribution in [0.4, 0.5) is 0 Å². The number of hydrogen-bond acceptors (Lipinski definition) is 6. The summed E-state index contributed by atoms with van der Waals surface area (Å²) in [4.78, 5) is 14.3. The smallest absolute Gasteiger partial charge is 0.254 e. The average molecular weight is 296 g/mol. The SMILES string of the molecule is O=C(c1cccc(-n2cnnn2)c1)N1CC(n2ccnn2)C1. The van der Waals surface area contributed by atoms with E-state index in [1.165, 1.54) is 11.0 Å². The van der Waals surface area contributed by atoms with Crippen molar-refractivity contribution in [3.8, 4) is 5.69 Å². The number of likely N-dealkylation sites (tertiary alicyclic amines) is 1. The fraction of sp³-hybridized carbons (Fsp3) is 0.231. The highest BCUT2D eigenvalue weighted by Crippen LogP contribution is 2.22. The highest BCUT2D eigenvalue weighted by molar-refractivity contribution is 5.95. The van der Waals surface area contributed by atoms with Gasteiger partial charge in [-0.05, 0) is 28.6 Å². The van der Waals surface area contributed by atoms with E-state index in [2.05, 4.69) is 25.8 Å². The number of benzene rings is 1. The lowest BCUT2D eigenvalue weighted by Crippen LogP contribution is -2.50. The molecule has 110 valence electrons. The van der Waals surface area contributed by atoms with Crippen LogP contribution in [0.25, 0.3) is 5.69 Å². The van der Waals surface area contributed by atoms with Gasteiger partial charge in [0.15, 0.2) is 0 Å². The summed E-state index contributed by atoms with van der Waals surface area (Å²) in [5.41, 5.74) is 1.37. The number of nitrogens with zero attached hydrogens (tertiary/aromatic N) is 8. The molecule has 1 fully saturated rings. The van der Waals surface area contributed by atoms with Gasteiger partial charge in [-0.2, -0.15) is 0 Å². The maximum absolute atomic E-state index is 12.5. The van der Waals surface area contributed by atoms with Gasteiger partial charge in [0.2, 0.25) is 0 Å². The molecule has 0 atom stereocenters. The predicted octanol–water partition coefficient (Wildman–Crippen LogP) is -0.0491. The highest BCUT2D eigenvalue weighted by Gasteiger charge is 2.32. The minimum absolute atomic E-state index is 0.00807. The van der Waals surface area contributed by atoms with Gasteiger partial charge in [-0.1, -0.05) is 11.3 Å². The molecular formula is C13H12N8O. The molecule has 1 saturated heterocycles. The van der Waals surface area contributed by atoms with Crippen LogP contribution >= 0.6 is 0 Å². The molecule has 0 saturated carbocycles. The Kier molecular flexibility index (Phi) is 2.88. The summed E-state index contributed by atoms with van der Waals surface area (Å²) in [6.07, 6.45) is 4.94. The van der Waals surface area contributed by atoms with Gasteiger partial charge in [0, 0.05) is 24.8 Å². The lowest BCUT2D eigenvalue weighted by Gasteiger charge is -2.38. The zero-order chi connectivity index (χ0) is 14.9. The molecule has 0 unspecified atom stereocenters. The summed E-state index contributed by atoms with van der Waals surface area (Å²) < 4.78 is 3.30. The molecule has 1 amide bonds. The van der Waals surface area contributed by atoms with E-state index in [1.807, 2.05) is 18.3 Å². The van der Waals surface area contributed by atoms with E-state index in [4.69, 9.17) is 0 Å². The van der Waals surface area contributed by atoms with E-state index in [-0.39, 0.29) is 11.9 Å². The number of amides is 1. The Balaban J connectivity index is 1.49. The number of hydrogen-bond donors (Lipinski definition) is 0. The molecule has 3 aromatic rings. The van der Waals surface area contributed by atoms with Gasteiger partial charge < -0.3 is 4.90 Å². The minimum Gasteiger partial charge on any atom is -0.334 e. The Morgan fingerprint density at radius 3 is 2.82 bits per heavy atom. The molecule has 2 aromatic heterocycles. The topological polar surface area (TPSA) is 94.6 Å². The minimum atomic E-state index is -0.00807. The molecule has 9 heteroatoms. The zero-order valence-corrected chi connectivity index (χ0v) is 11.5. The lowest BCUT2D eigenvalue weighted by molar-refractivity contribution is 0.0498. The van der Waals surface area contributed by atoms with Crippen LogP contribution in [0.1, 0.15) is 16.4 Å². The van der Waals surface area contributed by atoms with Crippen molar-refractivity contribution in [1.29, 1.82) is 0 Å². The van der Waals surface area contributed by atoms with Crippen LogP contribution in [0.2, 0.25) is 0 Å². The molecule has 0 bridgehead atoms. The van der Waals surface area contributed by atoms with Crippen molar-refractivity contribution >= 4 is 5.91 Å². The van der Waals surface area contributed by atoms with Gasteiger partial charge >= 0.3 is 0 Å². The van der Waals surface area contributed by atoms with Crippen molar-refractivity contribution in [3.05, 3.63) is 48.5 Å². The van der Waals surface area contributed by atoms with Gasteiger partial charge in [0.1, 0.15) is 6.33 Å². The number of rotatable bonds is 3. The Bertz CT molecular complexity index is 776. The molecule has 1 aliphatic heterocycles. The Labute approximate surface area is 125 Å². The second kappa shape index (κ2) is 5.02. The third kappa shape index (κ3) is 2.12. The molecule has 0 radical (unpaired) electrons. The van der Waals surface area contributed by atoms with Crippen LogP contribution in [0.5, 0.6) is 0 Å². The fourth-order valence-corrected chi connectivity index (χ4v) is 2.44. The maximum atomic E-state index is 12.5. The van der Waals surface area contributed by atoms with Gasteiger partial charge in [0.25, 0.3) is 5.91 Å². The third-order valence-electron chi connectivity index (χ3n) is 3.67. The van der Waals surface area contributed by atoms with Crippen LogP contribution in [0.3, 0.4) is 0 Å². The normalized spacial score (nSPS) is 14.8. The summed E-state index contributed by atoms with van der Waals surface area (Å²) in [5.74, 6) is -0.00807. The lowest BCUT2D eigenvalue weighted by atomic mass is 10.1. The summed E-state index contributed by atoms with van der Waals surface area (Å²) in [7, 11) is 0. The molecule has 0 spiro atoms. The summed E-state index contributed by atoms with van der Waals surface area (Å²) in [5, 5.41) is 18.8. The molecule has 0 N–H and O–H groups in total. The van der Waals surface area contributed by atoms with Crippen LogP contribution in [-0.4, -0.2) is 59.1 Å². The van der Waals surface area contributed by atoms with E-state index in [1.54, 1.807) is 27.9 Å². The number of aromatic nitrogens is 7. The molecular weight excluding hydrogens is 284 g/mol. The molecule has 9 nitrogen and oxygen atoms in total. The van der Waals surface area contributed by atoms with Crippen molar-refractivity contribution in [1.82, 2.24) is 40.1 Å². The first-order valence-electron chi connectivity index (χ1n) is 6.80. The van der Waals surface area contributed by atoms with Gasteiger partial charge in [-0.25, -0.2) is 9.36 Å². The van der Waals surface area contributed by atoms with Gasteiger partial charge in [0.05, 0.1) is 17.9 Å². The number of carbonyl (C=O) groups excluding carboxylic acids is 1. The van der Waals surface area contributed by atoms with Crippen molar-refractivity contribution < 1.29 is 4.79 Å². The molecule has 1 aromatic carbocycles. The summed E-state index contributed by atoms with van der Waals surface area (Å²) in [6.45, 7) is 1.27. The monoisotopic (exact) mass is 296 g/mol. The predicted molar refractivity (Wildman–Crippen MR) is 74.1 cm³/mol. The molecule has 22 heavy (non-hydrogen) atoms. The van der Waals surface area contributed by atoms with E-state index in [9.17, 15) is 4.79 Å². The Morgan fingerprint density at radius 1 is 1.18 bits per heavy atom. The first-order chi connectivity index (χ1) is 10.8. The second-order valence-corrected chi connectivity index (χ2v) is 5.05. The molecule has 3 heterocycles. The van der Waals surface area contributed by atoms with E-state index >= 15 is 0 Å². The van der Waals surface area contributed by atoms with Crippen molar-refractivity contribution in [2.24, 2.45) is 0 Å². The Morgan fingerprint density at radius 2 is 2.09 bits per heavy atom. The van der Waals surface area contributed by atoms with Gasteiger partial charge in [-0.3, -0.25) is 4.79 Å². The average Bonchev–Trinajstić information content (AvgIpc) is 3.19. The van der Waals surface area contributed by atoms with Crippen molar-refractivity contribution in [2.75, 3.05) is 13.1 Å². The van der Waals surface area contributed by atoms with Crippen LogP contribution < -0.4 is 0 Å². The summed E-state index contributed by atoms with van der Waals surface area (Å²) >= 11 is 0.